The van der Waals surface area contributed by atoms with Crippen LogP contribution in [0.5, 0.6) is 0 Å². The minimum absolute atomic E-state index is 0.0703. The number of benzene rings is 4. The van der Waals surface area contributed by atoms with Gasteiger partial charge in [-0.25, -0.2) is 8.42 Å². The molecule has 286 valence electrons. The van der Waals surface area contributed by atoms with E-state index >= 15 is 0 Å². The number of fused-ring (bicyclic) bond motifs is 6. The molecule has 1 unspecified atom stereocenters. The van der Waals surface area contributed by atoms with Gasteiger partial charge in [-0.05, 0) is 66.7 Å². The van der Waals surface area contributed by atoms with Crippen molar-refractivity contribution in [2.75, 3.05) is 43.4 Å². The van der Waals surface area contributed by atoms with Crippen molar-refractivity contribution in [3.8, 4) is 0 Å². The Morgan fingerprint density at radius 2 is 1.57 bits per heavy atom. The summed E-state index contributed by atoms with van der Waals surface area (Å²) in [5, 5.41) is 6.30. The Balaban J connectivity index is 0.000000627. The van der Waals surface area contributed by atoms with Gasteiger partial charge < -0.3 is 14.4 Å². The monoisotopic (exact) mass is 797 g/mol. The molecule has 6 rings (SSSR count). The highest BCUT2D eigenvalue weighted by atomic mass is 32.2. The predicted octanol–water partition coefficient (Wildman–Crippen LogP) is 9.21. The van der Waals surface area contributed by atoms with E-state index in [1.165, 1.54) is 19.6 Å². The quantitative estimate of drug-likeness (QED) is 0.0668. The molecule has 1 aliphatic rings. The maximum Gasteiger partial charge on any atom is 0.301 e. The Bertz CT molecular complexity index is 2170. The van der Waals surface area contributed by atoms with Crippen LogP contribution in [-0.2, 0) is 32.2 Å². The largest absolute Gasteiger partial charge is 0.748 e. The molecule has 0 saturated heterocycles. The summed E-state index contributed by atoms with van der Waals surface area (Å²) in [6.45, 7) is 17.1. The molecule has 0 bridgehead atoms. The summed E-state index contributed by atoms with van der Waals surface area (Å²) in [4.78, 5) is 5.61. The lowest BCUT2D eigenvalue weighted by Crippen LogP contribution is -2.36. The smallest absolute Gasteiger partial charge is 0.301 e. The van der Waals surface area contributed by atoms with Gasteiger partial charge in [-0.1, -0.05) is 119 Å². The molecule has 0 saturated carbocycles. The van der Waals surface area contributed by atoms with E-state index in [9.17, 15) is 21.7 Å². The number of thiazole rings is 1. The lowest BCUT2D eigenvalue weighted by atomic mass is 10.1. The van der Waals surface area contributed by atoms with Gasteiger partial charge in [0.05, 0.1) is 32.8 Å². The maximum atomic E-state index is 11.4. The van der Waals surface area contributed by atoms with E-state index in [0.717, 1.165) is 64.4 Å². The van der Waals surface area contributed by atoms with Gasteiger partial charge in [0.15, 0.2) is 6.54 Å². The standard InChI is InChI=1S/C32H30N2O6S4.C6H15N.C2H6/c1-2-22(21-30-34(17-18-40-43(35)36)32-26-11-6-4-9-24(26)13-15-28(32)42-30)20-29-33(16-7-19-44(37,38)39)31-25-10-5-3-8-23(25)12-14-27(31)41-29;1-4-7(5-2)6-3;1-2/h3-6,8-15,20-21H,2,7,16-19H2,1H3,(H-,35,36,37,38,39);4-6H2,1-3H3;1-2H3. The van der Waals surface area contributed by atoms with Gasteiger partial charge in [0.1, 0.15) is 4.70 Å². The lowest BCUT2D eigenvalue weighted by Gasteiger charge is -2.21. The Morgan fingerprint density at radius 3 is 2.17 bits per heavy atom. The summed E-state index contributed by atoms with van der Waals surface area (Å²) in [6.07, 6.45) is 5.23. The first-order valence-electron chi connectivity index (χ1n) is 18.2. The van der Waals surface area contributed by atoms with E-state index in [2.05, 4.69) is 103 Å². The summed E-state index contributed by atoms with van der Waals surface area (Å²) in [7, 11) is -4.33. The molecule has 0 fully saturated rings. The van der Waals surface area contributed by atoms with Gasteiger partial charge in [-0.3, -0.25) is 8.74 Å². The van der Waals surface area contributed by atoms with Crippen molar-refractivity contribution >= 4 is 88.1 Å². The summed E-state index contributed by atoms with van der Waals surface area (Å²) in [6, 6.07) is 24.7. The van der Waals surface area contributed by atoms with E-state index in [1.54, 1.807) is 23.1 Å². The highest BCUT2D eigenvalue weighted by molar-refractivity contribution is 8.03. The van der Waals surface area contributed by atoms with Crippen LogP contribution >= 0.6 is 23.1 Å². The fourth-order valence-electron chi connectivity index (χ4n) is 6.24. The van der Waals surface area contributed by atoms with E-state index in [-0.39, 0.29) is 13.0 Å². The van der Waals surface area contributed by atoms with Gasteiger partial charge in [-0.2, -0.15) is 8.78 Å². The molecule has 5 aromatic rings. The first kappa shape index (κ1) is 42.6. The van der Waals surface area contributed by atoms with E-state index in [1.807, 2.05) is 38.1 Å². The van der Waals surface area contributed by atoms with Gasteiger partial charge >= 0.3 is 11.4 Å². The van der Waals surface area contributed by atoms with Gasteiger partial charge in [-0.15, -0.1) is 0 Å². The molecule has 0 aliphatic carbocycles. The molecule has 53 heavy (non-hydrogen) atoms. The van der Waals surface area contributed by atoms with Crippen LogP contribution in [0.4, 0.5) is 5.69 Å². The number of allylic oxidation sites excluding steroid dienone is 2. The molecular formula is C40H51N3O6S4. The Kier molecular flexibility index (Phi) is 16.5. The molecule has 1 N–H and O–H groups in total. The number of hydrogen-bond donors (Lipinski definition) is 1. The molecule has 2 heterocycles. The number of thioether (sulfide) groups is 1. The van der Waals surface area contributed by atoms with E-state index < -0.39 is 27.2 Å². The lowest BCUT2D eigenvalue weighted by molar-refractivity contribution is -0.667. The third-order valence-electron chi connectivity index (χ3n) is 8.87. The van der Waals surface area contributed by atoms with Crippen molar-refractivity contribution in [2.24, 2.45) is 0 Å². The Morgan fingerprint density at radius 1 is 0.943 bits per heavy atom. The van der Waals surface area contributed by atoms with Gasteiger partial charge in [0.25, 0.3) is 5.01 Å². The van der Waals surface area contributed by atoms with E-state index in [4.69, 9.17) is 4.18 Å². The average molecular weight is 798 g/mol. The molecule has 13 heteroatoms. The zero-order valence-corrected chi connectivity index (χ0v) is 34.7. The zero-order valence-electron chi connectivity index (χ0n) is 31.4. The second-order valence-corrected chi connectivity index (χ2v) is 16.3. The van der Waals surface area contributed by atoms with Crippen LogP contribution in [0.2, 0.25) is 0 Å². The zero-order chi connectivity index (χ0) is 38.5. The second-order valence-electron chi connectivity index (χ2n) is 11.9. The number of aromatic nitrogens is 1. The average Bonchev–Trinajstić information content (AvgIpc) is 3.69. The molecule has 1 aromatic heterocycles. The summed E-state index contributed by atoms with van der Waals surface area (Å²) in [5.74, 6) is -0.422. The first-order valence-corrected chi connectivity index (χ1v) is 22.4. The number of anilines is 1. The molecule has 1 aliphatic heterocycles. The van der Waals surface area contributed by atoms with Crippen molar-refractivity contribution in [3.05, 3.63) is 94.5 Å². The van der Waals surface area contributed by atoms with Gasteiger partial charge in [0.2, 0.25) is 5.52 Å². The third-order valence-corrected chi connectivity index (χ3v) is 12.2. The number of aryl methyl sites for hydroxylation is 1. The number of rotatable bonds is 14. The van der Waals surface area contributed by atoms with Crippen LogP contribution in [0.15, 0.2) is 94.4 Å². The topological polar surface area (TPSA) is 114 Å². The van der Waals surface area contributed by atoms with Crippen LogP contribution in [0.25, 0.3) is 37.8 Å². The van der Waals surface area contributed by atoms with Crippen LogP contribution in [-0.4, -0.2) is 65.2 Å². The van der Waals surface area contributed by atoms with Crippen molar-refractivity contribution < 1.29 is 30.5 Å². The molecule has 9 nitrogen and oxygen atoms in total. The van der Waals surface area contributed by atoms with Crippen molar-refractivity contribution in [2.45, 2.75) is 65.8 Å². The van der Waals surface area contributed by atoms with E-state index in [0.29, 0.717) is 13.1 Å². The van der Waals surface area contributed by atoms with Gasteiger partial charge in [0, 0.05) is 35.1 Å². The predicted molar refractivity (Wildman–Crippen MR) is 224 cm³/mol. The van der Waals surface area contributed by atoms with Crippen LogP contribution in [0.3, 0.4) is 0 Å². The fourth-order valence-corrected chi connectivity index (χ4v) is 9.30. The molecule has 4 aromatic carbocycles. The SMILES string of the molecule is CC.CCC(=Cc1sc2ccc3ccccc3c2[n+]1CCCS(=O)(=O)[O-])C=C1Sc2ccc3ccccc3c2N1CCOS(=O)O.CCN(CC)CC. The van der Waals surface area contributed by atoms with Crippen molar-refractivity contribution in [1.82, 2.24) is 4.90 Å². The van der Waals surface area contributed by atoms with Crippen molar-refractivity contribution in [3.63, 3.8) is 0 Å². The molecule has 1 atom stereocenters. The number of hydrogen-bond acceptors (Lipinski definition) is 9. The highest BCUT2D eigenvalue weighted by Crippen LogP contribution is 2.49. The number of nitrogens with zero attached hydrogens (tertiary/aromatic N) is 3. The van der Waals surface area contributed by atoms with Crippen LogP contribution in [0.1, 0.15) is 59.4 Å². The second kappa shape index (κ2) is 20.5. The molecule has 0 amide bonds. The third kappa shape index (κ3) is 11.2. The Hall–Kier alpha value is -3.14. The maximum absolute atomic E-state index is 11.4. The highest BCUT2D eigenvalue weighted by Gasteiger charge is 2.28. The van der Waals surface area contributed by atoms with Crippen molar-refractivity contribution in [1.29, 1.82) is 0 Å². The minimum atomic E-state index is -4.33. The Labute approximate surface area is 325 Å². The first-order chi connectivity index (χ1) is 25.6. The normalized spacial score (nSPS) is 14.4. The van der Waals surface area contributed by atoms with Crippen LogP contribution in [0, 0.1) is 0 Å². The molecular weight excluding hydrogens is 747 g/mol. The fraction of sp³-hybridized carbons (Fsp3) is 0.375. The minimum Gasteiger partial charge on any atom is -0.748 e. The summed E-state index contributed by atoms with van der Waals surface area (Å²) >= 11 is 0.927. The molecule has 0 radical (unpaired) electrons. The summed E-state index contributed by atoms with van der Waals surface area (Å²) < 4.78 is 63.0. The van der Waals surface area contributed by atoms with Crippen LogP contribution < -0.4 is 9.47 Å². The molecule has 0 spiro atoms. The summed E-state index contributed by atoms with van der Waals surface area (Å²) in [5.41, 5.74) is 3.13.